The van der Waals surface area contributed by atoms with Gasteiger partial charge in [0.15, 0.2) is 0 Å². The van der Waals surface area contributed by atoms with E-state index in [-0.39, 0.29) is 5.97 Å². The van der Waals surface area contributed by atoms with Crippen LogP contribution in [0, 0.1) is 5.41 Å². The van der Waals surface area contributed by atoms with E-state index in [0.717, 1.165) is 19.1 Å². The Labute approximate surface area is 199 Å². The maximum atomic E-state index is 10.4. The quantitative estimate of drug-likeness (QED) is 0.113. The van der Waals surface area contributed by atoms with Crippen LogP contribution in [-0.2, 0) is 14.3 Å². The van der Waals surface area contributed by atoms with Gasteiger partial charge < -0.3 is 9.84 Å². The van der Waals surface area contributed by atoms with E-state index in [1.165, 1.54) is 110 Å². The summed E-state index contributed by atoms with van der Waals surface area (Å²) < 4.78 is 4.17. The lowest BCUT2D eigenvalue weighted by Crippen LogP contribution is -2.03. The molecule has 0 heterocycles. The zero-order chi connectivity index (χ0) is 24.5. The Kier molecular flexibility index (Phi) is 25.0. The molecular weight excluding hydrogens is 400 g/mol. The SMILES string of the molecule is C=COC(C)=O.CC(C)(C)CCCCCCCCCCCCCCCCCCCC(=O)O. The van der Waals surface area contributed by atoms with Gasteiger partial charge in [0.05, 0.1) is 6.26 Å². The number of aliphatic carboxylic acids is 1. The highest BCUT2D eigenvalue weighted by Gasteiger charge is 2.08. The molecule has 0 aromatic rings. The highest BCUT2D eigenvalue weighted by molar-refractivity contribution is 5.66. The van der Waals surface area contributed by atoms with Gasteiger partial charge in [-0.15, -0.1) is 0 Å². The molecule has 0 aromatic carbocycles. The highest BCUT2D eigenvalue weighted by atomic mass is 16.5. The Bertz CT molecular complexity index is 437. The van der Waals surface area contributed by atoms with Crippen LogP contribution in [-0.4, -0.2) is 17.0 Å². The highest BCUT2D eigenvalue weighted by Crippen LogP contribution is 2.22. The predicted molar refractivity (Wildman–Crippen MR) is 137 cm³/mol. The number of carboxylic acids is 1. The van der Waals surface area contributed by atoms with E-state index >= 15 is 0 Å². The second-order valence-corrected chi connectivity index (χ2v) is 10.2. The molecule has 4 nitrogen and oxygen atoms in total. The summed E-state index contributed by atoms with van der Waals surface area (Å²) in [5.41, 5.74) is 0.516. The van der Waals surface area contributed by atoms with Crippen molar-refractivity contribution in [2.45, 2.75) is 150 Å². The van der Waals surface area contributed by atoms with Crippen LogP contribution in [0.4, 0.5) is 0 Å². The van der Waals surface area contributed by atoms with Gasteiger partial charge in [-0.3, -0.25) is 9.59 Å². The molecule has 0 atom stereocenters. The van der Waals surface area contributed by atoms with E-state index in [0.29, 0.717) is 11.8 Å². The monoisotopic (exact) mass is 454 g/mol. The molecule has 1 N–H and O–H groups in total. The van der Waals surface area contributed by atoms with Gasteiger partial charge in [0.2, 0.25) is 0 Å². The van der Waals surface area contributed by atoms with E-state index in [1.54, 1.807) is 0 Å². The molecule has 32 heavy (non-hydrogen) atoms. The molecule has 0 bridgehead atoms. The van der Waals surface area contributed by atoms with E-state index < -0.39 is 5.97 Å². The van der Waals surface area contributed by atoms with Gasteiger partial charge in [-0.25, -0.2) is 0 Å². The zero-order valence-electron chi connectivity index (χ0n) is 21.9. The van der Waals surface area contributed by atoms with Crippen molar-refractivity contribution in [3.63, 3.8) is 0 Å². The number of carboxylic acid groups (broad SMARTS) is 1. The molecule has 0 amide bonds. The van der Waals surface area contributed by atoms with Crippen molar-refractivity contribution in [3.05, 3.63) is 12.8 Å². The first-order valence-corrected chi connectivity index (χ1v) is 13.2. The van der Waals surface area contributed by atoms with Crippen molar-refractivity contribution in [2.75, 3.05) is 0 Å². The molecule has 190 valence electrons. The summed E-state index contributed by atoms with van der Waals surface area (Å²) in [6, 6.07) is 0. The Hall–Kier alpha value is -1.32. The molecule has 0 aliphatic heterocycles. The van der Waals surface area contributed by atoms with Crippen molar-refractivity contribution >= 4 is 11.9 Å². The minimum Gasteiger partial charge on any atom is -0.481 e. The fourth-order valence-corrected chi connectivity index (χ4v) is 3.70. The number of rotatable bonds is 20. The topological polar surface area (TPSA) is 63.6 Å². The van der Waals surface area contributed by atoms with Crippen LogP contribution in [0.5, 0.6) is 0 Å². The summed E-state index contributed by atoms with van der Waals surface area (Å²) in [7, 11) is 0. The van der Waals surface area contributed by atoms with E-state index in [4.69, 9.17) is 5.11 Å². The molecule has 0 aliphatic rings. The number of carbonyl (C=O) groups excluding carboxylic acids is 1. The van der Waals surface area contributed by atoms with Crippen molar-refractivity contribution in [1.29, 1.82) is 0 Å². The van der Waals surface area contributed by atoms with E-state index in [1.807, 2.05) is 0 Å². The van der Waals surface area contributed by atoms with Gasteiger partial charge >= 0.3 is 11.9 Å². The lowest BCUT2D eigenvalue weighted by molar-refractivity contribution is -0.137. The van der Waals surface area contributed by atoms with Crippen LogP contribution in [0.3, 0.4) is 0 Å². The number of esters is 1. The Morgan fingerprint density at radius 2 is 1.00 bits per heavy atom. The van der Waals surface area contributed by atoms with Crippen LogP contribution in [0.15, 0.2) is 12.8 Å². The molecule has 4 heteroatoms. The number of unbranched alkanes of at least 4 members (excludes halogenated alkanes) is 16. The number of hydrogen-bond donors (Lipinski definition) is 1. The Balaban J connectivity index is 0. The predicted octanol–water partition coefficient (Wildman–Crippen LogP) is 9.22. The average molecular weight is 455 g/mol. The summed E-state index contributed by atoms with van der Waals surface area (Å²) in [6.45, 7) is 11.5. The molecule has 0 fully saturated rings. The van der Waals surface area contributed by atoms with Gasteiger partial charge in [-0.2, -0.15) is 0 Å². The first-order chi connectivity index (χ1) is 15.2. The lowest BCUT2D eigenvalue weighted by atomic mass is 9.89. The molecule has 0 aliphatic carbocycles. The fourth-order valence-electron chi connectivity index (χ4n) is 3.70. The summed E-state index contributed by atoms with van der Waals surface area (Å²) in [5.74, 6) is -0.980. The molecular formula is C28H54O4. The fraction of sp³-hybridized carbons (Fsp3) is 0.857. The number of hydrogen-bond acceptors (Lipinski definition) is 3. The third-order valence-electron chi connectivity index (χ3n) is 5.57. The molecule has 0 saturated heterocycles. The first-order valence-electron chi connectivity index (χ1n) is 13.2. The Morgan fingerprint density at radius 1 is 0.688 bits per heavy atom. The molecule has 0 radical (unpaired) electrons. The second-order valence-electron chi connectivity index (χ2n) is 10.2. The summed E-state index contributed by atoms with van der Waals surface area (Å²) in [5, 5.41) is 8.57. The van der Waals surface area contributed by atoms with Crippen LogP contribution in [0.25, 0.3) is 0 Å². The summed E-state index contributed by atoms with van der Waals surface area (Å²) >= 11 is 0. The third-order valence-corrected chi connectivity index (χ3v) is 5.57. The average Bonchev–Trinajstić information content (AvgIpc) is 2.69. The molecule has 0 unspecified atom stereocenters. The smallest absolute Gasteiger partial charge is 0.307 e. The number of carbonyl (C=O) groups is 2. The molecule has 0 saturated carbocycles. The second kappa shape index (κ2) is 24.3. The van der Waals surface area contributed by atoms with Gasteiger partial charge in [-0.1, -0.05) is 130 Å². The number of ether oxygens (including phenoxy) is 1. The van der Waals surface area contributed by atoms with E-state index in [9.17, 15) is 9.59 Å². The third kappa shape index (κ3) is 36.1. The molecule has 0 spiro atoms. The van der Waals surface area contributed by atoms with Gasteiger partial charge in [0.25, 0.3) is 0 Å². The lowest BCUT2D eigenvalue weighted by Gasteiger charge is -2.17. The summed E-state index contributed by atoms with van der Waals surface area (Å²) in [4.78, 5) is 20.2. The first kappa shape index (κ1) is 32.9. The zero-order valence-corrected chi connectivity index (χ0v) is 21.9. The van der Waals surface area contributed by atoms with Crippen molar-refractivity contribution in [3.8, 4) is 0 Å². The summed E-state index contributed by atoms with van der Waals surface area (Å²) in [6.07, 6.45) is 25.6. The van der Waals surface area contributed by atoms with E-state index in [2.05, 4.69) is 32.1 Å². The maximum Gasteiger partial charge on any atom is 0.307 e. The normalized spacial score (nSPS) is 10.9. The van der Waals surface area contributed by atoms with Crippen LogP contribution < -0.4 is 0 Å². The largest absolute Gasteiger partial charge is 0.481 e. The van der Waals surface area contributed by atoms with Crippen molar-refractivity contribution in [2.24, 2.45) is 5.41 Å². The maximum absolute atomic E-state index is 10.4. The molecule has 0 rings (SSSR count). The van der Waals surface area contributed by atoms with Gasteiger partial charge in [0.1, 0.15) is 0 Å². The van der Waals surface area contributed by atoms with Crippen molar-refractivity contribution < 1.29 is 19.4 Å². The minimum atomic E-state index is -0.652. The minimum absolute atomic E-state index is 0.329. The Morgan fingerprint density at radius 3 is 1.22 bits per heavy atom. The van der Waals surface area contributed by atoms with Crippen LogP contribution >= 0.6 is 0 Å². The molecule has 0 aromatic heterocycles. The van der Waals surface area contributed by atoms with Gasteiger partial charge in [0, 0.05) is 13.3 Å². The van der Waals surface area contributed by atoms with Crippen LogP contribution in [0.1, 0.15) is 150 Å². The van der Waals surface area contributed by atoms with Gasteiger partial charge in [-0.05, 0) is 18.3 Å². The standard InChI is InChI=1S/C24H48O2.C4H6O2/c1-24(2,3)22-20-18-16-14-12-10-8-6-4-5-7-9-11-13-15-17-19-21-23(25)26;1-3-6-4(2)5/h4-22H2,1-3H3,(H,25,26);3H,1H2,2H3. The van der Waals surface area contributed by atoms with Crippen LogP contribution in [0.2, 0.25) is 0 Å². The van der Waals surface area contributed by atoms with Crippen molar-refractivity contribution in [1.82, 2.24) is 0 Å².